The molecule has 2 atom stereocenters. The summed E-state index contributed by atoms with van der Waals surface area (Å²) in [6.45, 7) is 5.23. The highest BCUT2D eigenvalue weighted by Gasteiger charge is 2.40. The number of fused-ring (bicyclic) bond motifs is 2. The molecule has 1 aliphatic heterocycles. The van der Waals surface area contributed by atoms with Crippen molar-refractivity contribution in [1.29, 1.82) is 0 Å². The van der Waals surface area contributed by atoms with Crippen molar-refractivity contribution >= 4 is 109 Å². The third-order valence-corrected chi connectivity index (χ3v) is 15.2. The number of carbonyl (C=O) groups excluding carboxylic acids is 1. The molecule has 0 amide bonds. The van der Waals surface area contributed by atoms with E-state index in [1.54, 1.807) is 46.7 Å². The number of hydrogen-bond donors (Lipinski definition) is 2. The van der Waals surface area contributed by atoms with Gasteiger partial charge in [0.1, 0.15) is 28.2 Å². The SMILES string of the molecule is CCn1c(=CC=C2C(SCCOC=O)=C(C=CC3=[N+](CC)c4c(S(=O)(=O)O)cc(S(=O)(=O)O)c5cccc3c45)C3CCC2C3)c2cccc3c(S(=O)(=O)[O-])ccc1c32.O=S(=O)=O. The molecule has 3 aliphatic rings. The van der Waals surface area contributed by atoms with Crippen molar-refractivity contribution in [2.75, 3.05) is 18.9 Å². The van der Waals surface area contributed by atoms with E-state index in [0.29, 0.717) is 40.8 Å². The Bertz CT molecular complexity index is 3360. The number of thioether (sulfide) groups is 1. The number of carbonyl (C=O) groups is 1. The molecule has 1 aromatic heterocycles. The lowest BCUT2D eigenvalue weighted by atomic mass is 9.84. The van der Waals surface area contributed by atoms with Crippen molar-refractivity contribution in [2.45, 2.75) is 54.3 Å². The molecule has 2 unspecified atom stereocenters. The van der Waals surface area contributed by atoms with E-state index in [0.717, 1.165) is 57.6 Å². The molecule has 1 fully saturated rings. The van der Waals surface area contributed by atoms with E-state index in [9.17, 15) is 43.7 Å². The van der Waals surface area contributed by atoms with Crippen LogP contribution in [0, 0.1) is 11.8 Å². The molecular weight excluding hydrogens is 905 g/mol. The summed E-state index contributed by atoms with van der Waals surface area (Å²) in [5, 5.41) is 3.11. The minimum absolute atomic E-state index is 0.112. The Balaban J connectivity index is 0.00000139. The van der Waals surface area contributed by atoms with Crippen LogP contribution in [0.15, 0.2) is 104 Å². The van der Waals surface area contributed by atoms with Gasteiger partial charge in [-0.2, -0.15) is 21.4 Å². The zero-order valence-corrected chi connectivity index (χ0v) is 37.0. The van der Waals surface area contributed by atoms with Crippen molar-refractivity contribution in [3.05, 3.63) is 99.8 Å². The quantitative estimate of drug-likeness (QED) is 0.0674. The van der Waals surface area contributed by atoms with Gasteiger partial charge in [0.05, 0.1) is 15.8 Å². The Morgan fingerprint density at radius 3 is 2.13 bits per heavy atom. The van der Waals surface area contributed by atoms with E-state index in [-0.39, 0.29) is 46.3 Å². The highest BCUT2D eigenvalue weighted by molar-refractivity contribution is 8.03. The summed E-state index contributed by atoms with van der Waals surface area (Å²) in [7, 11) is -17.7. The smallest absolute Gasteiger partial charge is 0.425 e. The lowest BCUT2D eigenvalue weighted by Gasteiger charge is -2.27. The average molecular weight is 943 g/mol. The van der Waals surface area contributed by atoms with E-state index in [2.05, 4.69) is 10.6 Å². The zero-order valence-electron chi connectivity index (χ0n) is 32.9. The fourth-order valence-electron chi connectivity index (χ4n) is 9.13. The van der Waals surface area contributed by atoms with Gasteiger partial charge in [-0.15, -0.1) is 24.4 Å². The monoisotopic (exact) mass is 942 g/mol. The van der Waals surface area contributed by atoms with Gasteiger partial charge >= 0.3 is 20.7 Å². The third-order valence-electron chi connectivity index (χ3n) is 11.4. The maximum absolute atomic E-state index is 12.7. The number of allylic oxidation sites excluding steroid dienone is 5. The van der Waals surface area contributed by atoms with Gasteiger partial charge in [-0.1, -0.05) is 42.5 Å². The van der Waals surface area contributed by atoms with Crippen LogP contribution < -0.4 is 5.35 Å². The highest BCUT2D eigenvalue weighted by atomic mass is 32.2. The van der Waals surface area contributed by atoms with E-state index in [1.165, 1.54) is 12.1 Å². The second-order valence-electron chi connectivity index (χ2n) is 14.6. The first-order valence-electron chi connectivity index (χ1n) is 19.1. The standard InChI is InChI=1S/C41H38N2O11S4.O3S/c1-3-42-32(28-7-5-9-30-35(56(45,46)47)18-17-34(42)38(28)30)15-13-26-24-11-12-25(21-24)27(41(26)55-20-19-54-23-44)14-16-33-29-8-6-10-31-36(57(48,49)50)22-37(58(51,52)53)40(39(29)31)43(33)4-2;1-4(2)3/h5-10,13-18,22-25H,3-4,11-12,19-21H2,1-2H3,(H2-,45,46,47,48,49,50,51,52,53);. The molecule has 8 rings (SSSR count). The predicted octanol–water partition coefficient (Wildman–Crippen LogP) is 5.10. The molecular formula is C41H38N2O14S5. The Morgan fingerprint density at radius 2 is 1.50 bits per heavy atom. The topological polar surface area (TPSA) is 251 Å². The van der Waals surface area contributed by atoms with Gasteiger partial charge in [-0.25, -0.2) is 8.42 Å². The van der Waals surface area contributed by atoms with Crippen LogP contribution >= 0.6 is 11.8 Å². The average Bonchev–Trinajstić information content (AvgIpc) is 3.87. The Kier molecular flexibility index (Phi) is 12.6. The molecule has 326 valence electrons. The molecule has 0 spiro atoms. The molecule has 62 heavy (non-hydrogen) atoms. The molecule has 2 aliphatic carbocycles. The molecule has 16 nitrogen and oxygen atoms in total. The third kappa shape index (κ3) is 8.30. The van der Waals surface area contributed by atoms with Gasteiger partial charge in [0, 0.05) is 55.7 Å². The summed E-state index contributed by atoms with van der Waals surface area (Å²) in [4.78, 5) is 10.5. The second kappa shape index (κ2) is 17.3. The number of nitrogens with zero attached hydrogens (tertiary/aromatic N) is 2. The summed E-state index contributed by atoms with van der Waals surface area (Å²) in [5.74, 6) is 0.871. The molecule has 2 heterocycles. The lowest BCUT2D eigenvalue weighted by Crippen LogP contribution is -2.17. The number of rotatable bonds is 13. The van der Waals surface area contributed by atoms with Crippen LogP contribution in [0.1, 0.15) is 38.7 Å². The summed E-state index contributed by atoms with van der Waals surface area (Å²) in [5.41, 5.74) is 4.13. The number of aromatic nitrogens is 1. The Morgan fingerprint density at radius 1 is 0.855 bits per heavy atom. The maximum Gasteiger partial charge on any atom is 0.425 e. The fraction of sp³-hybridized carbons (Fsp3) is 0.268. The Labute approximate surface area is 362 Å². The second-order valence-corrected chi connectivity index (χ2v) is 20.2. The highest BCUT2D eigenvalue weighted by Crippen LogP contribution is 2.52. The summed E-state index contributed by atoms with van der Waals surface area (Å²) >= 11 is 1.56. The first-order valence-corrected chi connectivity index (χ1v) is 25.4. The summed E-state index contributed by atoms with van der Waals surface area (Å²) in [6, 6.07) is 14.0. The minimum atomic E-state index is -4.95. The van der Waals surface area contributed by atoms with Crippen molar-refractivity contribution in [3.8, 4) is 0 Å². The largest absolute Gasteiger partial charge is 0.744 e. The van der Waals surface area contributed by atoms with Crippen molar-refractivity contribution in [3.63, 3.8) is 0 Å². The van der Waals surface area contributed by atoms with Crippen LogP contribution in [0.2, 0.25) is 0 Å². The van der Waals surface area contributed by atoms with Crippen LogP contribution in [-0.2, 0) is 57.0 Å². The first-order chi connectivity index (χ1) is 29.3. The summed E-state index contributed by atoms with van der Waals surface area (Å²) in [6.07, 6.45) is 10.7. The van der Waals surface area contributed by atoms with Crippen molar-refractivity contribution in [1.82, 2.24) is 4.57 Å². The van der Waals surface area contributed by atoms with Crippen LogP contribution in [-0.4, -0.2) is 91.8 Å². The molecule has 1 saturated carbocycles. The van der Waals surface area contributed by atoms with Gasteiger partial charge in [-0.05, 0) is 86.4 Å². The normalized spacial score (nSPS) is 18.8. The lowest BCUT2D eigenvalue weighted by molar-refractivity contribution is -0.433. The van der Waals surface area contributed by atoms with E-state index in [4.69, 9.17) is 17.4 Å². The molecule has 21 heteroatoms. The van der Waals surface area contributed by atoms with Crippen LogP contribution in [0.4, 0.5) is 5.69 Å². The van der Waals surface area contributed by atoms with Crippen LogP contribution in [0.3, 0.4) is 0 Å². The van der Waals surface area contributed by atoms with E-state index in [1.807, 2.05) is 38.1 Å². The van der Waals surface area contributed by atoms with Crippen LogP contribution in [0.5, 0.6) is 0 Å². The molecule has 4 aromatic carbocycles. The van der Waals surface area contributed by atoms with Gasteiger partial charge in [0.2, 0.25) is 11.4 Å². The van der Waals surface area contributed by atoms with Crippen molar-refractivity contribution in [2.24, 2.45) is 11.8 Å². The maximum atomic E-state index is 12.7. The van der Waals surface area contributed by atoms with E-state index < -0.39 is 50.8 Å². The molecule has 2 N–H and O–H groups in total. The zero-order chi connectivity index (χ0) is 44.9. The Hall–Kier alpha value is -5.00. The molecule has 0 saturated heterocycles. The molecule has 0 radical (unpaired) electrons. The molecule has 5 aromatic rings. The van der Waals surface area contributed by atoms with Gasteiger partial charge in [0.15, 0.2) is 4.90 Å². The van der Waals surface area contributed by atoms with Gasteiger partial charge in [-0.3, -0.25) is 13.9 Å². The van der Waals surface area contributed by atoms with E-state index >= 15 is 0 Å². The predicted molar refractivity (Wildman–Crippen MR) is 230 cm³/mol. The van der Waals surface area contributed by atoms with Gasteiger partial charge in [0.25, 0.3) is 16.6 Å². The number of aryl methyl sites for hydroxylation is 1. The molecule has 2 bridgehead atoms. The number of hydrogen-bond acceptors (Lipinski definition) is 13. The van der Waals surface area contributed by atoms with Crippen LogP contribution in [0.25, 0.3) is 38.5 Å². The first kappa shape index (κ1) is 45.0. The minimum Gasteiger partial charge on any atom is -0.744 e. The van der Waals surface area contributed by atoms with Gasteiger partial charge < -0.3 is 13.9 Å². The fourth-order valence-corrected chi connectivity index (χ4v) is 12.5. The summed E-state index contributed by atoms with van der Waals surface area (Å²) < 4.78 is 142. The van der Waals surface area contributed by atoms with Crippen molar-refractivity contribution < 1.29 is 65.6 Å². The number of benzene rings is 4. The number of ether oxygens (including phenoxy) is 1.